The number of rotatable bonds is 9. The maximum atomic E-state index is 5.06. The molecular formula is C14H28N4O. The average molecular weight is 268 g/mol. The number of anilines is 1. The molecule has 1 heterocycles. The predicted octanol–water partition coefficient (Wildman–Crippen LogP) is 1.70. The Labute approximate surface area is 116 Å². The van der Waals surface area contributed by atoms with Crippen LogP contribution in [0, 0.1) is 6.92 Å². The third kappa shape index (κ3) is 4.21. The summed E-state index contributed by atoms with van der Waals surface area (Å²) in [6.45, 7) is 11.0. The van der Waals surface area contributed by atoms with Crippen LogP contribution in [0.3, 0.4) is 0 Å². The first kappa shape index (κ1) is 16.0. The molecule has 0 radical (unpaired) electrons. The van der Waals surface area contributed by atoms with Crippen molar-refractivity contribution in [3.8, 4) is 0 Å². The van der Waals surface area contributed by atoms with Gasteiger partial charge >= 0.3 is 0 Å². The fraction of sp³-hybridized carbons (Fsp3) is 0.786. The molecule has 5 heteroatoms. The molecule has 1 aromatic heterocycles. The minimum absolute atomic E-state index is 0.737. The zero-order valence-electron chi connectivity index (χ0n) is 13.0. The number of hydrogen-bond acceptors (Lipinski definition) is 4. The molecule has 0 aromatic carbocycles. The van der Waals surface area contributed by atoms with E-state index in [0.29, 0.717) is 0 Å². The van der Waals surface area contributed by atoms with E-state index in [1.54, 1.807) is 7.11 Å². The fourth-order valence-electron chi connectivity index (χ4n) is 2.36. The largest absolute Gasteiger partial charge is 0.383 e. The Morgan fingerprint density at radius 1 is 1.37 bits per heavy atom. The first-order chi connectivity index (χ1) is 9.15. The number of nitrogens with zero attached hydrogens (tertiary/aromatic N) is 3. The molecule has 110 valence electrons. The Hall–Kier alpha value is -1.07. The normalized spacial score (nSPS) is 11.0. The highest BCUT2D eigenvalue weighted by atomic mass is 16.5. The molecule has 0 amide bonds. The van der Waals surface area contributed by atoms with Gasteiger partial charge in [-0.1, -0.05) is 6.92 Å². The van der Waals surface area contributed by atoms with E-state index >= 15 is 0 Å². The number of nitrogens with one attached hydrogen (secondary N) is 1. The minimum Gasteiger partial charge on any atom is -0.383 e. The van der Waals surface area contributed by atoms with Crippen molar-refractivity contribution in [3.05, 3.63) is 11.3 Å². The Kier molecular flexibility index (Phi) is 6.87. The zero-order chi connectivity index (χ0) is 14.3. The van der Waals surface area contributed by atoms with E-state index in [2.05, 4.69) is 36.1 Å². The van der Waals surface area contributed by atoms with Crippen LogP contribution in [0.4, 0.5) is 5.82 Å². The van der Waals surface area contributed by atoms with Gasteiger partial charge in [-0.25, -0.2) is 0 Å². The van der Waals surface area contributed by atoms with Gasteiger partial charge in [0.05, 0.1) is 12.3 Å². The minimum atomic E-state index is 0.737. The van der Waals surface area contributed by atoms with Gasteiger partial charge in [0.1, 0.15) is 5.82 Å². The lowest BCUT2D eigenvalue weighted by Gasteiger charge is -2.24. The maximum Gasteiger partial charge on any atom is 0.131 e. The Morgan fingerprint density at radius 3 is 2.68 bits per heavy atom. The molecule has 0 spiro atoms. The summed E-state index contributed by atoms with van der Waals surface area (Å²) in [4.78, 5) is 2.40. The van der Waals surface area contributed by atoms with Crippen LogP contribution in [0.25, 0.3) is 0 Å². The summed E-state index contributed by atoms with van der Waals surface area (Å²) in [6, 6.07) is 0. The van der Waals surface area contributed by atoms with Gasteiger partial charge in [-0.15, -0.1) is 0 Å². The highest BCUT2D eigenvalue weighted by molar-refractivity contribution is 5.50. The first-order valence-electron chi connectivity index (χ1n) is 7.12. The average Bonchev–Trinajstić information content (AvgIpc) is 2.67. The van der Waals surface area contributed by atoms with Gasteiger partial charge in [0.15, 0.2) is 0 Å². The predicted molar refractivity (Wildman–Crippen MR) is 79.7 cm³/mol. The number of aryl methyl sites for hydroxylation is 2. The van der Waals surface area contributed by atoms with Crippen molar-refractivity contribution in [1.82, 2.24) is 15.1 Å². The van der Waals surface area contributed by atoms with Crippen LogP contribution in [0.2, 0.25) is 0 Å². The molecule has 0 bridgehead atoms. The van der Waals surface area contributed by atoms with Crippen LogP contribution >= 0.6 is 0 Å². The third-order valence-electron chi connectivity index (χ3n) is 3.27. The summed E-state index contributed by atoms with van der Waals surface area (Å²) >= 11 is 0. The second kappa shape index (κ2) is 8.17. The summed E-state index contributed by atoms with van der Waals surface area (Å²) in [5, 5.41) is 7.98. The lowest BCUT2D eigenvalue weighted by atomic mass is 10.2. The first-order valence-corrected chi connectivity index (χ1v) is 7.12. The molecule has 0 unspecified atom stereocenters. The summed E-state index contributed by atoms with van der Waals surface area (Å²) in [5.41, 5.74) is 2.41. The zero-order valence-corrected chi connectivity index (χ0v) is 13.0. The van der Waals surface area contributed by atoms with Crippen molar-refractivity contribution < 1.29 is 4.74 Å². The molecule has 0 aliphatic heterocycles. The molecule has 0 fully saturated rings. The third-order valence-corrected chi connectivity index (χ3v) is 3.27. The van der Waals surface area contributed by atoms with Gasteiger partial charge in [0.2, 0.25) is 0 Å². The van der Waals surface area contributed by atoms with E-state index in [9.17, 15) is 0 Å². The van der Waals surface area contributed by atoms with Crippen LogP contribution in [0.1, 0.15) is 31.5 Å². The number of aromatic nitrogens is 2. The topological polar surface area (TPSA) is 42.3 Å². The highest BCUT2D eigenvalue weighted by Gasteiger charge is 2.17. The lowest BCUT2D eigenvalue weighted by Crippen LogP contribution is -2.28. The van der Waals surface area contributed by atoms with Crippen molar-refractivity contribution in [1.29, 1.82) is 0 Å². The van der Waals surface area contributed by atoms with Gasteiger partial charge in [-0.2, -0.15) is 5.10 Å². The van der Waals surface area contributed by atoms with Crippen LogP contribution in [-0.4, -0.2) is 43.1 Å². The number of ether oxygens (including phenoxy) is 1. The molecule has 0 saturated heterocycles. The molecule has 1 N–H and O–H groups in total. The monoisotopic (exact) mass is 268 g/mol. The van der Waals surface area contributed by atoms with Crippen molar-refractivity contribution in [2.75, 3.05) is 38.3 Å². The Bertz CT molecular complexity index is 376. The van der Waals surface area contributed by atoms with E-state index in [0.717, 1.165) is 44.9 Å². The van der Waals surface area contributed by atoms with Crippen LogP contribution in [0.5, 0.6) is 0 Å². The standard InChI is InChI=1S/C14H28N4O/c1-6-9-18(7-2)14-13(11-15-8-10-19-5)12(3)16-17(14)4/h15H,6-11H2,1-5H3. The summed E-state index contributed by atoms with van der Waals surface area (Å²) in [7, 11) is 3.75. The molecule has 1 rings (SSSR count). The van der Waals surface area contributed by atoms with Crippen LogP contribution in [-0.2, 0) is 18.3 Å². The molecule has 0 saturated carbocycles. The summed E-state index contributed by atoms with van der Waals surface area (Å²) in [6.07, 6.45) is 1.15. The van der Waals surface area contributed by atoms with Crippen molar-refractivity contribution >= 4 is 5.82 Å². The smallest absolute Gasteiger partial charge is 0.131 e. The van der Waals surface area contributed by atoms with E-state index in [4.69, 9.17) is 4.74 Å². The summed E-state index contributed by atoms with van der Waals surface area (Å²) in [5.74, 6) is 1.24. The van der Waals surface area contributed by atoms with Gasteiger partial charge in [-0.3, -0.25) is 4.68 Å². The van der Waals surface area contributed by atoms with Gasteiger partial charge < -0.3 is 15.0 Å². The molecule has 19 heavy (non-hydrogen) atoms. The highest BCUT2D eigenvalue weighted by Crippen LogP contribution is 2.23. The van der Waals surface area contributed by atoms with E-state index in [1.807, 2.05) is 11.7 Å². The quantitative estimate of drug-likeness (QED) is 0.692. The van der Waals surface area contributed by atoms with E-state index < -0.39 is 0 Å². The van der Waals surface area contributed by atoms with Crippen molar-refractivity contribution in [2.24, 2.45) is 7.05 Å². The van der Waals surface area contributed by atoms with Gasteiger partial charge in [-0.05, 0) is 20.3 Å². The number of hydrogen-bond donors (Lipinski definition) is 1. The van der Waals surface area contributed by atoms with Gasteiger partial charge in [0.25, 0.3) is 0 Å². The fourth-order valence-corrected chi connectivity index (χ4v) is 2.36. The SMILES string of the molecule is CCCN(CC)c1c(CNCCOC)c(C)nn1C. The molecule has 0 atom stereocenters. The maximum absolute atomic E-state index is 5.06. The molecule has 5 nitrogen and oxygen atoms in total. The lowest BCUT2D eigenvalue weighted by molar-refractivity contribution is 0.199. The molecule has 0 aliphatic rings. The molecular weight excluding hydrogens is 240 g/mol. The Balaban J connectivity index is 2.83. The summed E-state index contributed by atoms with van der Waals surface area (Å²) < 4.78 is 7.06. The van der Waals surface area contributed by atoms with Crippen LogP contribution < -0.4 is 10.2 Å². The van der Waals surface area contributed by atoms with E-state index in [-0.39, 0.29) is 0 Å². The molecule has 0 aliphatic carbocycles. The second-order valence-corrected chi connectivity index (χ2v) is 4.76. The number of methoxy groups -OCH3 is 1. The second-order valence-electron chi connectivity index (χ2n) is 4.76. The van der Waals surface area contributed by atoms with Crippen molar-refractivity contribution in [3.63, 3.8) is 0 Å². The van der Waals surface area contributed by atoms with E-state index in [1.165, 1.54) is 11.4 Å². The van der Waals surface area contributed by atoms with Crippen LogP contribution in [0.15, 0.2) is 0 Å². The molecule has 1 aromatic rings. The Morgan fingerprint density at radius 2 is 2.11 bits per heavy atom. The van der Waals surface area contributed by atoms with Gasteiger partial charge in [0, 0.05) is 45.9 Å². The van der Waals surface area contributed by atoms with Crippen molar-refractivity contribution in [2.45, 2.75) is 33.7 Å².